The molecule has 1 aliphatic carbocycles. The molecule has 0 amide bonds. The predicted molar refractivity (Wildman–Crippen MR) is 73.4 cm³/mol. The molecule has 0 radical (unpaired) electrons. The minimum absolute atomic E-state index is 0.709. The summed E-state index contributed by atoms with van der Waals surface area (Å²) in [6.45, 7) is 6.35. The number of nitrogens with one attached hydrogen (secondary N) is 1. The van der Waals surface area contributed by atoms with E-state index in [1.807, 2.05) is 4.68 Å². The smallest absolute Gasteiger partial charge is 0.138 e. The molecule has 2 rings (SSSR count). The van der Waals surface area contributed by atoms with E-state index in [2.05, 4.69) is 29.2 Å². The summed E-state index contributed by atoms with van der Waals surface area (Å²) in [6.07, 6.45) is 9.50. The molecule has 0 aromatic carbocycles. The Morgan fingerprint density at radius 3 is 2.94 bits per heavy atom. The molecule has 0 bridgehead atoms. The van der Waals surface area contributed by atoms with Crippen molar-refractivity contribution in [3.05, 3.63) is 12.2 Å². The number of nitrogens with zero attached hydrogens (tertiary/aromatic N) is 3. The Bertz CT molecular complexity index is 347. The Hall–Kier alpha value is -0.900. The molecule has 102 valence electrons. The summed E-state index contributed by atoms with van der Waals surface area (Å²) in [4.78, 5) is 4.41. The van der Waals surface area contributed by atoms with Gasteiger partial charge in [-0.3, -0.25) is 4.68 Å². The van der Waals surface area contributed by atoms with E-state index < -0.39 is 0 Å². The zero-order valence-corrected chi connectivity index (χ0v) is 11.7. The molecule has 1 N–H and O–H groups in total. The number of hydrogen-bond donors (Lipinski definition) is 1. The third-order valence-corrected chi connectivity index (χ3v) is 3.99. The zero-order valence-electron chi connectivity index (χ0n) is 11.7. The van der Waals surface area contributed by atoms with Crippen LogP contribution in [0, 0.1) is 5.92 Å². The van der Waals surface area contributed by atoms with Gasteiger partial charge in [-0.2, -0.15) is 5.10 Å². The molecule has 1 saturated carbocycles. The van der Waals surface area contributed by atoms with Crippen LogP contribution < -0.4 is 5.32 Å². The summed E-state index contributed by atoms with van der Waals surface area (Å²) < 4.78 is 2.03. The van der Waals surface area contributed by atoms with Crippen LogP contribution in [0.4, 0.5) is 0 Å². The molecule has 4 nitrogen and oxygen atoms in total. The van der Waals surface area contributed by atoms with Gasteiger partial charge < -0.3 is 5.32 Å². The lowest BCUT2D eigenvalue weighted by atomic mass is 9.94. The minimum Gasteiger partial charge on any atom is -0.314 e. The van der Waals surface area contributed by atoms with Crippen molar-refractivity contribution in [2.24, 2.45) is 5.92 Å². The van der Waals surface area contributed by atoms with Crippen LogP contribution in [-0.4, -0.2) is 27.4 Å². The van der Waals surface area contributed by atoms with Crippen LogP contribution in [0.25, 0.3) is 0 Å². The molecule has 1 heterocycles. The topological polar surface area (TPSA) is 42.7 Å². The van der Waals surface area contributed by atoms with E-state index in [1.165, 1.54) is 37.9 Å². The fourth-order valence-electron chi connectivity index (χ4n) is 3.09. The van der Waals surface area contributed by atoms with Crippen molar-refractivity contribution < 1.29 is 0 Å². The predicted octanol–water partition coefficient (Wildman–Crippen LogP) is 2.40. The highest BCUT2D eigenvalue weighted by molar-refractivity contribution is 4.89. The lowest BCUT2D eigenvalue weighted by molar-refractivity contribution is 0.378. The van der Waals surface area contributed by atoms with Crippen molar-refractivity contribution in [1.82, 2.24) is 20.1 Å². The fraction of sp³-hybridized carbons (Fsp3) is 0.857. The van der Waals surface area contributed by atoms with Gasteiger partial charge in [0.2, 0.25) is 0 Å². The van der Waals surface area contributed by atoms with Crippen molar-refractivity contribution in [2.45, 2.75) is 65.0 Å². The maximum atomic E-state index is 4.41. The van der Waals surface area contributed by atoms with Crippen molar-refractivity contribution >= 4 is 0 Å². The van der Waals surface area contributed by atoms with Crippen molar-refractivity contribution in [2.75, 3.05) is 6.54 Å². The van der Waals surface area contributed by atoms with E-state index in [-0.39, 0.29) is 0 Å². The average molecular weight is 250 g/mol. The Balaban J connectivity index is 1.94. The van der Waals surface area contributed by atoms with Gasteiger partial charge in [-0.25, -0.2) is 4.98 Å². The molecule has 0 saturated heterocycles. The largest absolute Gasteiger partial charge is 0.314 e. The van der Waals surface area contributed by atoms with Crippen molar-refractivity contribution in [3.63, 3.8) is 0 Å². The van der Waals surface area contributed by atoms with Gasteiger partial charge in [0.25, 0.3) is 0 Å². The summed E-state index contributed by atoms with van der Waals surface area (Å²) in [6, 6.07) is 0.709. The Labute approximate surface area is 110 Å². The first-order valence-electron chi connectivity index (χ1n) is 7.43. The van der Waals surface area contributed by atoms with E-state index in [4.69, 9.17) is 0 Å². The average Bonchev–Trinajstić information content (AvgIpc) is 2.69. The molecular weight excluding hydrogens is 224 g/mol. The Morgan fingerprint density at radius 2 is 2.17 bits per heavy atom. The SMILES string of the molecule is CCNC1CCCCC(Cc2ncnn2CC)C1. The van der Waals surface area contributed by atoms with Crippen LogP contribution in [0.2, 0.25) is 0 Å². The molecule has 4 heteroatoms. The van der Waals surface area contributed by atoms with Gasteiger partial charge in [-0.15, -0.1) is 0 Å². The number of hydrogen-bond acceptors (Lipinski definition) is 3. The lowest BCUT2D eigenvalue weighted by Crippen LogP contribution is -2.30. The molecular formula is C14H26N4. The summed E-state index contributed by atoms with van der Waals surface area (Å²) in [7, 11) is 0. The van der Waals surface area contributed by atoms with Gasteiger partial charge >= 0.3 is 0 Å². The van der Waals surface area contributed by atoms with Gasteiger partial charge in [0.05, 0.1) is 0 Å². The van der Waals surface area contributed by atoms with Crippen LogP contribution in [0.5, 0.6) is 0 Å². The maximum Gasteiger partial charge on any atom is 0.138 e. The third kappa shape index (κ3) is 3.55. The molecule has 2 unspecified atom stereocenters. The number of aromatic nitrogens is 3. The maximum absolute atomic E-state index is 4.41. The van der Waals surface area contributed by atoms with Crippen LogP contribution in [0.3, 0.4) is 0 Å². The second-order valence-electron chi connectivity index (χ2n) is 5.34. The van der Waals surface area contributed by atoms with Crippen LogP contribution in [0.15, 0.2) is 6.33 Å². The molecule has 2 atom stereocenters. The van der Waals surface area contributed by atoms with Gasteiger partial charge in [0.15, 0.2) is 0 Å². The van der Waals surface area contributed by atoms with Crippen LogP contribution >= 0.6 is 0 Å². The number of aryl methyl sites for hydroxylation is 1. The van der Waals surface area contributed by atoms with Gasteiger partial charge in [-0.05, 0) is 38.6 Å². The van der Waals surface area contributed by atoms with Gasteiger partial charge in [0.1, 0.15) is 12.2 Å². The van der Waals surface area contributed by atoms with E-state index in [0.717, 1.165) is 25.4 Å². The van der Waals surface area contributed by atoms with Crippen molar-refractivity contribution in [1.29, 1.82) is 0 Å². The highest BCUT2D eigenvalue weighted by Gasteiger charge is 2.21. The van der Waals surface area contributed by atoms with Gasteiger partial charge in [0, 0.05) is 19.0 Å². The number of rotatable bonds is 5. The monoisotopic (exact) mass is 250 g/mol. The fourth-order valence-corrected chi connectivity index (χ4v) is 3.09. The summed E-state index contributed by atoms with van der Waals surface area (Å²) in [5.74, 6) is 1.94. The second-order valence-corrected chi connectivity index (χ2v) is 5.34. The molecule has 1 aromatic rings. The van der Waals surface area contributed by atoms with E-state index >= 15 is 0 Å². The lowest BCUT2D eigenvalue weighted by Gasteiger charge is -2.20. The standard InChI is InChI=1S/C14H26N4/c1-3-15-13-8-6-5-7-12(9-13)10-14-16-11-17-18(14)4-2/h11-13,15H,3-10H2,1-2H3. The van der Waals surface area contributed by atoms with E-state index in [9.17, 15) is 0 Å². The zero-order chi connectivity index (χ0) is 12.8. The van der Waals surface area contributed by atoms with Crippen molar-refractivity contribution in [3.8, 4) is 0 Å². The van der Waals surface area contributed by atoms with Gasteiger partial charge in [-0.1, -0.05) is 19.8 Å². The van der Waals surface area contributed by atoms with E-state index in [0.29, 0.717) is 6.04 Å². The first kappa shape index (κ1) is 13.5. The molecule has 1 aromatic heterocycles. The third-order valence-electron chi connectivity index (χ3n) is 3.99. The molecule has 1 fully saturated rings. The summed E-state index contributed by atoms with van der Waals surface area (Å²) >= 11 is 0. The minimum atomic E-state index is 0.709. The first-order valence-corrected chi connectivity index (χ1v) is 7.43. The summed E-state index contributed by atoms with van der Waals surface area (Å²) in [5.41, 5.74) is 0. The molecule has 0 aliphatic heterocycles. The first-order chi connectivity index (χ1) is 8.83. The Morgan fingerprint density at radius 1 is 1.33 bits per heavy atom. The Kier molecular flexibility index (Phi) is 5.17. The van der Waals surface area contributed by atoms with Crippen LogP contribution in [0.1, 0.15) is 51.8 Å². The molecule has 1 aliphatic rings. The summed E-state index contributed by atoms with van der Waals surface area (Å²) in [5, 5.41) is 7.89. The molecule has 0 spiro atoms. The van der Waals surface area contributed by atoms with E-state index in [1.54, 1.807) is 6.33 Å². The quantitative estimate of drug-likeness (QED) is 0.816. The van der Waals surface area contributed by atoms with Crippen LogP contribution in [-0.2, 0) is 13.0 Å². The second kappa shape index (κ2) is 6.88. The highest BCUT2D eigenvalue weighted by Crippen LogP contribution is 2.25. The highest BCUT2D eigenvalue weighted by atomic mass is 15.3. The normalized spacial score (nSPS) is 25.0. The molecule has 18 heavy (non-hydrogen) atoms.